The molecule has 0 saturated carbocycles. The van der Waals surface area contributed by atoms with Crippen molar-refractivity contribution in [2.45, 2.75) is 71.9 Å². The standard InChI is InChI=1S/C30H32O7/c1-11-7-17(31)21-13(3)9-19(25-15(5)29(33)36-27(25)23(11)21)35-20-10-14(4)22-18(32)8-12(2)24(22)28-26(20)16(6)30(34)37-28/h7-8,16,19-20,23-28H,5,9-10H2,1-4,6H3. The number of hydrogen-bond acceptors (Lipinski definition) is 7. The molecule has 0 amide bonds. The van der Waals surface area contributed by atoms with Crippen molar-refractivity contribution in [1.29, 1.82) is 0 Å². The van der Waals surface area contributed by atoms with Gasteiger partial charge in [-0.2, -0.15) is 0 Å². The van der Waals surface area contributed by atoms with Crippen LogP contribution in [0.5, 0.6) is 0 Å². The predicted octanol–water partition coefficient (Wildman–Crippen LogP) is 3.75. The molecular weight excluding hydrogens is 472 g/mol. The van der Waals surface area contributed by atoms with Crippen LogP contribution in [-0.4, -0.2) is 47.9 Å². The van der Waals surface area contributed by atoms with Crippen molar-refractivity contribution in [3.05, 3.63) is 57.7 Å². The summed E-state index contributed by atoms with van der Waals surface area (Å²) in [5.74, 6) is -2.46. The van der Waals surface area contributed by atoms with E-state index in [1.165, 1.54) is 0 Å². The zero-order chi connectivity index (χ0) is 26.5. The highest BCUT2D eigenvalue weighted by Gasteiger charge is 2.57. The summed E-state index contributed by atoms with van der Waals surface area (Å²) in [4.78, 5) is 51.3. The number of carbonyl (C=O) groups is 4. The van der Waals surface area contributed by atoms with Crippen molar-refractivity contribution in [2.24, 2.45) is 29.6 Å². The number of rotatable bonds is 2. The third kappa shape index (κ3) is 3.36. The molecule has 37 heavy (non-hydrogen) atoms. The Hall–Kier alpha value is -3.06. The van der Waals surface area contributed by atoms with Gasteiger partial charge in [0.05, 0.1) is 24.0 Å². The third-order valence-electron chi connectivity index (χ3n) is 9.46. The Balaban J connectivity index is 1.41. The summed E-state index contributed by atoms with van der Waals surface area (Å²) in [6, 6.07) is 0. The van der Waals surface area contributed by atoms with Gasteiger partial charge >= 0.3 is 11.9 Å². The molecule has 9 unspecified atom stereocenters. The topological polar surface area (TPSA) is 96.0 Å². The molecule has 0 aromatic carbocycles. The zero-order valence-electron chi connectivity index (χ0n) is 21.8. The SMILES string of the molecule is C=C1C(=O)OC2C3C(C)=CC(=O)C3=C(C)CC(OC3CC(C)=C4C(=O)C=C(C)C4C4OC(=O)C(C)C34)C12. The monoisotopic (exact) mass is 504 g/mol. The normalized spacial score (nSPS) is 41.0. The fourth-order valence-corrected chi connectivity index (χ4v) is 7.80. The van der Waals surface area contributed by atoms with E-state index >= 15 is 0 Å². The first kappa shape index (κ1) is 24.3. The van der Waals surface area contributed by atoms with E-state index in [4.69, 9.17) is 14.2 Å². The summed E-state index contributed by atoms with van der Waals surface area (Å²) in [5.41, 5.74) is 5.40. The van der Waals surface area contributed by atoms with E-state index in [1.54, 1.807) is 12.2 Å². The Kier molecular flexibility index (Phi) is 5.40. The fourth-order valence-electron chi connectivity index (χ4n) is 7.80. The first-order valence-electron chi connectivity index (χ1n) is 13.1. The highest BCUT2D eigenvalue weighted by Crippen LogP contribution is 2.52. The number of ketones is 2. The first-order chi connectivity index (χ1) is 17.5. The van der Waals surface area contributed by atoms with Gasteiger partial charge in [0.25, 0.3) is 0 Å². The largest absolute Gasteiger partial charge is 0.461 e. The summed E-state index contributed by atoms with van der Waals surface area (Å²) in [5, 5.41) is 0. The van der Waals surface area contributed by atoms with Crippen molar-refractivity contribution in [3.8, 4) is 0 Å². The van der Waals surface area contributed by atoms with Crippen LogP contribution in [0, 0.1) is 29.6 Å². The molecule has 6 rings (SSSR count). The number of fused-ring (bicyclic) bond motifs is 6. The van der Waals surface area contributed by atoms with E-state index in [-0.39, 0.29) is 35.3 Å². The van der Waals surface area contributed by atoms with Crippen molar-refractivity contribution in [3.63, 3.8) is 0 Å². The molecule has 0 radical (unpaired) electrons. The number of allylic oxidation sites excluding steroid dienone is 2. The van der Waals surface area contributed by atoms with Crippen LogP contribution in [-0.2, 0) is 33.4 Å². The lowest BCUT2D eigenvalue weighted by Gasteiger charge is -2.35. The highest BCUT2D eigenvalue weighted by molar-refractivity contribution is 6.09. The van der Waals surface area contributed by atoms with E-state index in [9.17, 15) is 19.2 Å². The maximum Gasteiger partial charge on any atom is 0.334 e. The number of carbonyl (C=O) groups excluding carboxylic acids is 4. The lowest BCUT2D eigenvalue weighted by atomic mass is 9.79. The van der Waals surface area contributed by atoms with Gasteiger partial charge in [-0.05, 0) is 52.7 Å². The molecule has 2 fully saturated rings. The van der Waals surface area contributed by atoms with Gasteiger partial charge in [-0.15, -0.1) is 0 Å². The van der Waals surface area contributed by atoms with Gasteiger partial charge in [-0.25, -0.2) is 4.79 Å². The molecule has 7 heteroatoms. The van der Waals surface area contributed by atoms with E-state index in [2.05, 4.69) is 6.58 Å². The average molecular weight is 505 g/mol. The van der Waals surface area contributed by atoms with Crippen molar-refractivity contribution in [2.75, 3.05) is 0 Å². The Bertz CT molecular complexity index is 1310. The van der Waals surface area contributed by atoms with Gasteiger partial charge in [0, 0.05) is 34.5 Å². The van der Waals surface area contributed by atoms with Crippen LogP contribution in [0.3, 0.4) is 0 Å². The summed E-state index contributed by atoms with van der Waals surface area (Å²) in [7, 11) is 0. The van der Waals surface area contributed by atoms with E-state index < -0.39 is 42.2 Å². The zero-order valence-corrected chi connectivity index (χ0v) is 21.8. The fraction of sp³-hybridized carbons (Fsp3) is 0.533. The molecule has 194 valence electrons. The van der Waals surface area contributed by atoms with Crippen LogP contribution in [0.2, 0.25) is 0 Å². The average Bonchev–Trinajstić information content (AvgIpc) is 3.43. The second-order valence-corrected chi connectivity index (χ2v) is 11.7. The van der Waals surface area contributed by atoms with E-state index in [1.807, 2.05) is 34.6 Å². The van der Waals surface area contributed by atoms with Crippen LogP contribution in [0.25, 0.3) is 0 Å². The molecule has 9 atom stereocenters. The molecule has 6 aliphatic rings. The van der Waals surface area contributed by atoms with E-state index in [0.29, 0.717) is 29.6 Å². The molecule has 7 nitrogen and oxygen atoms in total. The Labute approximate surface area is 216 Å². The van der Waals surface area contributed by atoms with Crippen LogP contribution < -0.4 is 0 Å². The maximum absolute atomic E-state index is 12.9. The summed E-state index contributed by atoms with van der Waals surface area (Å²) in [6.07, 6.45) is 2.28. The summed E-state index contributed by atoms with van der Waals surface area (Å²) >= 11 is 0. The minimum absolute atomic E-state index is 0.0260. The maximum atomic E-state index is 12.9. The number of esters is 2. The van der Waals surface area contributed by atoms with Gasteiger partial charge in [-0.1, -0.05) is 35.8 Å². The Morgan fingerprint density at radius 1 is 0.811 bits per heavy atom. The van der Waals surface area contributed by atoms with Gasteiger partial charge in [0.15, 0.2) is 11.6 Å². The summed E-state index contributed by atoms with van der Waals surface area (Å²) in [6.45, 7) is 13.6. The second kappa shape index (κ2) is 8.22. The predicted molar refractivity (Wildman–Crippen MR) is 133 cm³/mol. The quantitative estimate of drug-likeness (QED) is 0.417. The molecule has 2 saturated heterocycles. The minimum atomic E-state index is -0.564. The summed E-state index contributed by atoms with van der Waals surface area (Å²) < 4.78 is 18.7. The van der Waals surface area contributed by atoms with Gasteiger partial charge in [0.1, 0.15) is 12.2 Å². The van der Waals surface area contributed by atoms with Crippen molar-refractivity contribution < 1.29 is 33.4 Å². The van der Waals surface area contributed by atoms with Crippen molar-refractivity contribution in [1.82, 2.24) is 0 Å². The number of hydrogen-bond donors (Lipinski definition) is 0. The van der Waals surface area contributed by atoms with Crippen LogP contribution >= 0.6 is 0 Å². The second-order valence-electron chi connectivity index (χ2n) is 11.7. The van der Waals surface area contributed by atoms with Gasteiger partial charge in [0.2, 0.25) is 0 Å². The first-order valence-corrected chi connectivity index (χ1v) is 13.1. The van der Waals surface area contributed by atoms with Crippen LogP contribution in [0.4, 0.5) is 0 Å². The highest BCUT2D eigenvalue weighted by atomic mass is 16.6. The lowest BCUT2D eigenvalue weighted by molar-refractivity contribution is -0.145. The molecule has 0 aromatic heterocycles. The molecule has 2 aliphatic heterocycles. The van der Waals surface area contributed by atoms with Crippen LogP contribution in [0.1, 0.15) is 47.5 Å². The third-order valence-corrected chi connectivity index (χ3v) is 9.46. The van der Waals surface area contributed by atoms with E-state index in [0.717, 1.165) is 22.3 Å². The Morgan fingerprint density at radius 3 is 1.95 bits per heavy atom. The molecule has 4 aliphatic carbocycles. The molecule has 0 bridgehead atoms. The smallest absolute Gasteiger partial charge is 0.334 e. The number of ether oxygens (including phenoxy) is 3. The minimum Gasteiger partial charge on any atom is -0.461 e. The van der Waals surface area contributed by atoms with Gasteiger partial charge in [-0.3, -0.25) is 14.4 Å². The Morgan fingerprint density at radius 2 is 1.35 bits per heavy atom. The molecule has 2 heterocycles. The molecule has 0 N–H and O–H groups in total. The lowest BCUT2D eigenvalue weighted by Crippen LogP contribution is -2.42. The van der Waals surface area contributed by atoms with Crippen LogP contribution in [0.15, 0.2) is 57.7 Å². The molecule has 0 spiro atoms. The molecular formula is C30H32O7. The van der Waals surface area contributed by atoms with Gasteiger partial charge < -0.3 is 14.2 Å². The molecule has 0 aromatic rings. The van der Waals surface area contributed by atoms with Crippen molar-refractivity contribution >= 4 is 23.5 Å².